The van der Waals surface area contributed by atoms with Gasteiger partial charge in [-0.3, -0.25) is 0 Å². The van der Waals surface area contributed by atoms with Crippen molar-refractivity contribution in [1.82, 2.24) is 0 Å². The van der Waals surface area contributed by atoms with Crippen LogP contribution in [-0.2, 0) is 9.59 Å². The van der Waals surface area contributed by atoms with Crippen LogP contribution in [0.25, 0.3) is 0 Å². The van der Waals surface area contributed by atoms with Crippen molar-refractivity contribution >= 4 is 11.9 Å². The van der Waals surface area contributed by atoms with Gasteiger partial charge in [-0.05, 0) is 18.9 Å². The highest BCUT2D eigenvalue weighted by Crippen LogP contribution is 1.90. The Labute approximate surface area is 77.2 Å². The molecule has 0 aliphatic rings. The molecule has 0 amide bonds. The highest BCUT2D eigenvalue weighted by atomic mass is 16.4. The number of aliphatic carboxylic acids is 2. The predicted molar refractivity (Wildman–Crippen MR) is 46.9 cm³/mol. The second-order valence-corrected chi connectivity index (χ2v) is 2.33. The molecule has 0 fully saturated rings. The fraction of sp³-hybridized carbons (Fsp3) is 0.333. The molecule has 0 rings (SSSR count). The summed E-state index contributed by atoms with van der Waals surface area (Å²) in [6.45, 7) is 9.53. The Morgan fingerprint density at radius 2 is 1.69 bits per heavy atom. The highest BCUT2D eigenvalue weighted by molar-refractivity contribution is 5.84. The summed E-state index contributed by atoms with van der Waals surface area (Å²) in [4.78, 5) is 19.3. The van der Waals surface area contributed by atoms with Crippen LogP contribution in [0, 0.1) is 0 Å². The van der Waals surface area contributed by atoms with Crippen LogP contribution >= 0.6 is 0 Å². The third-order valence-electron chi connectivity index (χ3n) is 1.08. The molecule has 0 radical (unpaired) electrons. The first-order valence-corrected chi connectivity index (χ1v) is 3.60. The Morgan fingerprint density at radius 1 is 1.38 bits per heavy atom. The summed E-state index contributed by atoms with van der Waals surface area (Å²) in [5, 5.41) is 17.6. The molecule has 0 saturated heterocycles. The van der Waals surface area contributed by atoms with E-state index in [9.17, 15) is 14.7 Å². The van der Waals surface area contributed by atoms with E-state index in [0.717, 1.165) is 0 Å². The molecule has 0 aromatic carbocycles. The van der Waals surface area contributed by atoms with Gasteiger partial charge in [0.15, 0.2) is 0 Å². The van der Waals surface area contributed by atoms with E-state index in [1.54, 1.807) is 6.92 Å². The number of hydrogen-bond donors (Lipinski definition) is 1. The monoisotopic (exact) mass is 185 g/mol. The van der Waals surface area contributed by atoms with Crippen LogP contribution in [0.3, 0.4) is 0 Å². The molecule has 0 saturated carbocycles. The van der Waals surface area contributed by atoms with Crippen LogP contribution in [-0.4, -0.2) is 17.0 Å². The Hall–Kier alpha value is -1.58. The van der Waals surface area contributed by atoms with Gasteiger partial charge in [-0.2, -0.15) is 0 Å². The van der Waals surface area contributed by atoms with Crippen molar-refractivity contribution in [3.8, 4) is 0 Å². The second-order valence-electron chi connectivity index (χ2n) is 2.33. The molecular weight excluding hydrogens is 172 g/mol. The highest BCUT2D eigenvalue weighted by Gasteiger charge is 1.90. The number of carbonyl (C=O) groups excluding carboxylic acids is 1. The largest absolute Gasteiger partial charge is 0.545 e. The Kier molecular flexibility index (Phi) is 7.62. The SMILES string of the molecule is C=C(C)C(=O)O.C=C(CC)C(=O)[O-]. The quantitative estimate of drug-likeness (QED) is 0.643. The number of carbonyl (C=O) groups is 2. The molecule has 0 aromatic rings. The van der Waals surface area contributed by atoms with Crippen molar-refractivity contribution in [2.24, 2.45) is 0 Å². The van der Waals surface area contributed by atoms with Gasteiger partial charge in [0.05, 0.1) is 5.97 Å². The molecule has 0 bridgehead atoms. The topological polar surface area (TPSA) is 77.4 Å². The first kappa shape index (κ1) is 14.0. The molecule has 4 heteroatoms. The zero-order valence-corrected chi connectivity index (χ0v) is 7.79. The second kappa shape index (κ2) is 7.09. The van der Waals surface area contributed by atoms with Crippen LogP contribution in [0.4, 0.5) is 0 Å². The standard InChI is InChI=1S/C5H8O2.C4H6O2/c1-3-4(2)5(6)7;1-3(2)4(5)6/h2-3H2,1H3,(H,6,7);1H2,2H3,(H,5,6)/p-1. The Morgan fingerprint density at radius 3 is 1.69 bits per heavy atom. The van der Waals surface area contributed by atoms with E-state index in [2.05, 4.69) is 13.2 Å². The lowest BCUT2D eigenvalue weighted by atomic mass is 10.2. The third kappa shape index (κ3) is 10.4. The van der Waals surface area contributed by atoms with Crippen molar-refractivity contribution in [3.63, 3.8) is 0 Å². The van der Waals surface area contributed by atoms with Gasteiger partial charge in [-0.15, -0.1) is 0 Å². The van der Waals surface area contributed by atoms with E-state index >= 15 is 0 Å². The molecule has 1 N–H and O–H groups in total. The fourth-order valence-corrected chi connectivity index (χ4v) is 0.144. The van der Waals surface area contributed by atoms with Crippen molar-refractivity contribution in [2.45, 2.75) is 20.3 Å². The van der Waals surface area contributed by atoms with Crippen molar-refractivity contribution in [1.29, 1.82) is 0 Å². The summed E-state index contributed by atoms with van der Waals surface area (Å²) in [5.41, 5.74) is 0.329. The summed E-state index contributed by atoms with van der Waals surface area (Å²) in [6, 6.07) is 0. The molecule has 0 aliphatic heterocycles. The van der Waals surface area contributed by atoms with E-state index in [1.165, 1.54) is 6.92 Å². The summed E-state index contributed by atoms with van der Waals surface area (Å²) in [7, 11) is 0. The molecule has 13 heavy (non-hydrogen) atoms. The minimum absolute atomic E-state index is 0.153. The maximum Gasteiger partial charge on any atom is 0.330 e. The predicted octanol–water partition coefficient (Wildman–Crippen LogP) is 0.350. The molecule has 74 valence electrons. The van der Waals surface area contributed by atoms with E-state index in [0.29, 0.717) is 6.42 Å². The van der Waals surface area contributed by atoms with E-state index in [4.69, 9.17) is 5.11 Å². The Bertz CT molecular complexity index is 216. The zero-order valence-electron chi connectivity index (χ0n) is 7.79. The van der Waals surface area contributed by atoms with Crippen molar-refractivity contribution in [3.05, 3.63) is 24.3 Å². The van der Waals surface area contributed by atoms with Gasteiger partial charge < -0.3 is 15.0 Å². The molecular formula is C9H13O4-. The molecule has 4 nitrogen and oxygen atoms in total. The first-order chi connectivity index (χ1) is 5.82. The molecule has 0 heterocycles. The van der Waals surface area contributed by atoms with E-state index in [-0.39, 0.29) is 11.1 Å². The third-order valence-corrected chi connectivity index (χ3v) is 1.08. The fourth-order valence-electron chi connectivity index (χ4n) is 0.144. The lowest BCUT2D eigenvalue weighted by molar-refractivity contribution is -0.299. The van der Waals surface area contributed by atoms with Gasteiger partial charge in [-0.25, -0.2) is 4.79 Å². The van der Waals surface area contributed by atoms with E-state index < -0.39 is 11.9 Å². The first-order valence-electron chi connectivity index (χ1n) is 3.60. The lowest BCUT2D eigenvalue weighted by Crippen LogP contribution is -2.23. The van der Waals surface area contributed by atoms with Gasteiger partial charge in [0.25, 0.3) is 0 Å². The average molecular weight is 185 g/mol. The lowest BCUT2D eigenvalue weighted by Gasteiger charge is -1.98. The van der Waals surface area contributed by atoms with Crippen LogP contribution in [0.5, 0.6) is 0 Å². The molecule has 0 unspecified atom stereocenters. The van der Waals surface area contributed by atoms with Gasteiger partial charge in [0.2, 0.25) is 0 Å². The summed E-state index contributed by atoms with van der Waals surface area (Å²) < 4.78 is 0. The maximum atomic E-state index is 9.72. The van der Waals surface area contributed by atoms with Crippen molar-refractivity contribution in [2.75, 3.05) is 0 Å². The number of hydrogen-bond acceptors (Lipinski definition) is 3. The smallest absolute Gasteiger partial charge is 0.330 e. The van der Waals surface area contributed by atoms with Gasteiger partial charge in [0.1, 0.15) is 0 Å². The van der Waals surface area contributed by atoms with Gasteiger partial charge in [-0.1, -0.05) is 20.1 Å². The average Bonchev–Trinajstić information content (AvgIpc) is 2.03. The summed E-state index contributed by atoms with van der Waals surface area (Å²) >= 11 is 0. The van der Waals surface area contributed by atoms with Crippen LogP contribution in [0.1, 0.15) is 20.3 Å². The Balaban J connectivity index is 0. The van der Waals surface area contributed by atoms with Crippen LogP contribution in [0.2, 0.25) is 0 Å². The molecule has 0 aromatic heterocycles. The summed E-state index contributed by atoms with van der Waals surface area (Å²) in [5.74, 6) is -2.09. The van der Waals surface area contributed by atoms with Crippen LogP contribution < -0.4 is 5.11 Å². The normalized spacial score (nSPS) is 7.85. The minimum Gasteiger partial charge on any atom is -0.545 e. The number of rotatable bonds is 3. The molecule has 0 aliphatic carbocycles. The number of carboxylic acids is 2. The maximum absolute atomic E-state index is 9.72. The summed E-state index contributed by atoms with van der Waals surface area (Å²) in [6.07, 6.45) is 0.461. The van der Waals surface area contributed by atoms with Crippen molar-refractivity contribution < 1.29 is 19.8 Å². The molecule has 0 spiro atoms. The number of carboxylic acid groups (broad SMARTS) is 2. The van der Waals surface area contributed by atoms with Gasteiger partial charge in [0, 0.05) is 5.57 Å². The zero-order chi connectivity index (χ0) is 11.0. The molecule has 0 atom stereocenters. The van der Waals surface area contributed by atoms with E-state index in [1.807, 2.05) is 0 Å². The minimum atomic E-state index is -1.15. The van der Waals surface area contributed by atoms with Crippen LogP contribution in [0.15, 0.2) is 24.3 Å². The van der Waals surface area contributed by atoms with Gasteiger partial charge >= 0.3 is 5.97 Å².